The van der Waals surface area contributed by atoms with Crippen LogP contribution in [0.25, 0.3) is 0 Å². The number of carbonyl (C=O) groups is 1. The summed E-state index contributed by atoms with van der Waals surface area (Å²) in [7, 11) is 0. The summed E-state index contributed by atoms with van der Waals surface area (Å²) in [5.41, 5.74) is 4.00. The number of hydrogen-bond acceptors (Lipinski definition) is 4. The zero-order valence-corrected chi connectivity index (χ0v) is 10.3. The van der Waals surface area contributed by atoms with Crippen LogP contribution in [0.4, 0.5) is 5.69 Å². The summed E-state index contributed by atoms with van der Waals surface area (Å²) in [6.45, 7) is 1.93. The summed E-state index contributed by atoms with van der Waals surface area (Å²) < 4.78 is 1.02. The van der Waals surface area contributed by atoms with Crippen LogP contribution in [0.2, 0.25) is 0 Å². The Balaban J connectivity index is 1.95. The maximum atomic E-state index is 11.1. The van der Waals surface area contributed by atoms with Crippen LogP contribution in [-0.2, 0) is 4.79 Å². The highest BCUT2D eigenvalue weighted by molar-refractivity contribution is 9.10. The number of anilines is 1. The van der Waals surface area contributed by atoms with Gasteiger partial charge in [-0.1, -0.05) is 15.9 Å². The second-order valence-corrected chi connectivity index (χ2v) is 4.30. The Kier molecular flexibility index (Phi) is 3.09. The van der Waals surface area contributed by atoms with Gasteiger partial charge in [0.1, 0.15) is 13.0 Å². The summed E-state index contributed by atoms with van der Waals surface area (Å²) in [4.78, 5) is 12.6. The lowest BCUT2D eigenvalue weighted by atomic mass is 10.3. The molecule has 1 N–H and O–H groups in total. The molecular formula is C10H11BrN4O. The molecule has 0 saturated carbocycles. The van der Waals surface area contributed by atoms with Gasteiger partial charge in [0.05, 0.1) is 5.69 Å². The summed E-state index contributed by atoms with van der Waals surface area (Å²) in [5, 5.41) is 5.65. The van der Waals surface area contributed by atoms with Crippen LogP contribution in [-0.4, -0.2) is 28.9 Å². The lowest BCUT2D eigenvalue weighted by Gasteiger charge is -2.18. The van der Waals surface area contributed by atoms with Crippen LogP contribution in [0.5, 0.6) is 0 Å². The second-order valence-electron chi connectivity index (χ2n) is 3.38. The first-order valence-electron chi connectivity index (χ1n) is 4.76. The fourth-order valence-corrected chi connectivity index (χ4v) is 1.52. The van der Waals surface area contributed by atoms with Gasteiger partial charge < -0.3 is 0 Å². The van der Waals surface area contributed by atoms with Crippen molar-refractivity contribution >= 4 is 33.9 Å². The van der Waals surface area contributed by atoms with Gasteiger partial charge in [0, 0.05) is 11.4 Å². The number of halogens is 1. The Morgan fingerprint density at radius 3 is 2.69 bits per heavy atom. The number of rotatable bonds is 2. The van der Waals surface area contributed by atoms with Crippen molar-refractivity contribution in [2.24, 2.45) is 5.10 Å². The number of hydrazone groups is 1. The van der Waals surface area contributed by atoms with E-state index in [4.69, 9.17) is 0 Å². The average Bonchev–Trinajstić information content (AvgIpc) is 2.70. The van der Waals surface area contributed by atoms with Crippen LogP contribution in [0.1, 0.15) is 6.92 Å². The lowest BCUT2D eigenvalue weighted by molar-refractivity contribution is -0.125. The molecule has 2 rings (SSSR count). The molecule has 0 saturated heterocycles. The van der Waals surface area contributed by atoms with Crippen molar-refractivity contribution in [3.63, 3.8) is 0 Å². The SMILES string of the molecule is CC(=O)N1C=NN(Nc2ccc(Br)cc2)C1. The smallest absolute Gasteiger partial charge is 0.226 e. The molecule has 1 aliphatic heterocycles. The average molecular weight is 283 g/mol. The molecule has 1 aromatic rings. The van der Waals surface area contributed by atoms with Crippen molar-refractivity contribution in [3.8, 4) is 0 Å². The highest BCUT2D eigenvalue weighted by Gasteiger charge is 2.16. The molecule has 0 radical (unpaired) electrons. The van der Waals surface area contributed by atoms with Gasteiger partial charge in [-0.2, -0.15) is 5.12 Å². The Morgan fingerprint density at radius 2 is 2.12 bits per heavy atom. The van der Waals surface area contributed by atoms with E-state index in [1.165, 1.54) is 18.2 Å². The maximum absolute atomic E-state index is 11.1. The number of hydrazine groups is 1. The first-order valence-corrected chi connectivity index (χ1v) is 5.55. The van der Waals surface area contributed by atoms with E-state index in [9.17, 15) is 4.79 Å². The van der Waals surface area contributed by atoms with Crippen molar-refractivity contribution in [2.45, 2.75) is 6.92 Å². The van der Waals surface area contributed by atoms with E-state index in [0.717, 1.165) is 10.2 Å². The second kappa shape index (κ2) is 4.52. The number of hydrogen-bond donors (Lipinski definition) is 1. The molecule has 0 aromatic heterocycles. The van der Waals surface area contributed by atoms with Crippen molar-refractivity contribution in [1.82, 2.24) is 10.0 Å². The van der Waals surface area contributed by atoms with Gasteiger partial charge in [-0.3, -0.25) is 15.1 Å². The van der Waals surface area contributed by atoms with Crippen LogP contribution >= 0.6 is 15.9 Å². The van der Waals surface area contributed by atoms with E-state index >= 15 is 0 Å². The van der Waals surface area contributed by atoms with Crippen molar-refractivity contribution in [3.05, 3.63) is 28.7 Å². The molecule has 0 atom stereocenters. The molecule has 1 heterocycles. The van der Waals surface area contributed by atoms with Crippen LogP contribution in [0, 0.1) is 0 Å². The van der Waals surface area contributed by atoms with Gasteiger partial charge in [-0.05, 0) is 24.3 Å². The van der Waals surface area contributed by atoms with E-state index in [-0.39, 0.29) is 5.91 Å². The molecular weight excluding hydrogens is 272 g/mol. The quantitative estimate of drug-likeness (QED) is 0.901. The van der Waals surface area contributed by atoms with Crippen LogP contribution < -0.4 is 5.43 Å². The third-order valence-electron chi connectivity index (χ3n) is 2.12. The number of nitrogens with zero attached hydrogens (tertiary/aromatic N) is 3. The third-order valence-corrected chi connectivity index (χ3v) is 2.65. The molecule has 1 aliphatic rings. The van der Waals surface area contributed by atoms with Crippen LogP contribution in [0.15, 0.2) is 33.8 Å². The summed E-state index contributed by atoms with van der Waals surface area (Å²) in [6, 6.07) is 7.72. The van der Waals surface area contributed by atoms with E-state index in [1.54, 1.807) is 5.12 Å². The fourth-order valence-electron chi connectivity index (χ4n) is 1.26. The topological polar surface area (TPSA) is 47.9 Å². The minimum absolute atomic E-state index is 0.0242. The summed E-state index contributed by atoms with van der Waals surface area (Å²) in [6.07, 6.45) is 1.51. The van der Waals surface area contributed by atoms with Crippen molar-refractivity contribution in [1.29, 1.82) is 0 Å². The Hall–Kier alpha value is -1.56. The van der Waals surface area contributed by atoms with Crippen LogP contribution in [0.3, 0.4) is 0 Å². The molecule has 0 bridgehead atoms. The number of amides is 1. The Bertz CT molecular complexity index is 417. The van der Waals surface area contributed by atoms with Gasteiger partial charge in [-0.15, -0.1) is 5.10 Å². The zero-order chi connectivity index (χ0) is 11.5. The standard InChI is InChI=1S/C10H11BrN4O/c1-8(16)14-6-12-15(7-14)13-10-4-2-9(11)3-5-10/h2-6,13H,7H2,1H3. The molecule has 6 heteroatoms. The molecule has 84 valence electrons. The molecule has 1 amide bonds. The Morgan fingerprint density at radius 1 is 1.44 bits per heavy atom. The molecule has 16 heavy (non-hydrogen) atoms. The van der Waals surface area contributed by atoms with Gasteiger partial charge in [0.25, 0.3) is 0 Å². The highest BCUT2D eigenvalue weighted by Crippen LogP contribution is 2.15. The van der Waals surface area contributed by atoms with Gasteiger partial charge in [-0.25, -0.2) is 0 Å². The van der Waals surface area contributed by atoms with E-state index in [0.29, 0.717) is 6.67 Å². The number of nitrogens with one attached hydrogen (secondary N) is 1. The third kappa shape index (κ3) is 2.52. The lowest BCUT2D eigenvalue weighted by Crippen LogP contribution is -2.33. The normalized spacial score (nSPS) is 14.4. The minimum atomic E-state index is -0.0242. The Labute approximate surface area is 102 Å². The largest absolute Gasteiger partial charge is 0.281 e. The zero-order valence-electron chi connectivity index (χ0n) is 8.72. The van der Waals surface area contributed by atoms with E-state index in [2.05, 4.69) is 26.5 Å². The van der Waals surface area contributed by atoms with Gasteiger partial charge >= 0.3 is 0 Å². The number of carbonyl (C=O) groups excluding carboxylic acids is 1. The maximum Gasteiger partial charge on any atom is 0.226 e. The fraction of sp³-hybridized carbons (Fsp3) is 0.200. The first-order chi connectivity index (χ1) is 7.65. The minimum Gasteiger partial charge on any atom is -0.281 e. The summed E-state index contributed by atoms with van der Waals surface area (Å²) >= 11 is 3.36. The molecule has 0 unspecified atom stereocenters. The van der Waals surface area contributed by atoms with Gasteiger partial charge in [0.15, 0.2) is 0 Å². The van der Waals surface area contributed by atoms with E-state index in [1.807, 2.05) is 24.3 Å². The molecule has 0 aliphatic carbocycles. The molecule has 0 spiro atoms. The van der Waals surface area contributed by atoms with Crippen molar-refractivity contribution < 1.29 is 4.79 Å². The molecule has 5 nitrogen and oxygen atoms in total. The monoisotopic (exact) mass is 282 g/mol. The predicted molar refractivity (Wildman–Crippen MR) is 65.5 cm³/mol. The first kappa shape index (κ1) is 10.9. The molecule has 0 fully saturated rings. The van der Waals surface area contributed by atoms with Crippen molar-refractivity contribution in [2.75, 3.05) is 12.1 Å². The predicted octanol–water partition coefficient (Wildman–Crippen LogP) is 1.84. The highest BCUT2D eigenvalue weighted by atomic mass is 79.9. The summed E-state index contributed by atoms with van der Waals surface area (Å²) in [5.74, 6) is -0.0242. The van der Waals surface area contributed by atoms with E-state index < -0.39 is 0 Å². The van der Waals surface area contributed by atoms with Gasteiger partial charge in [0.2, 0.25) is 5.91 Å². The number of benzene rings is 1. The molecule has 1 aromatic carbocycles.